The number of rotatable bonds is 2. The predicted molar refractivity (Wildman–Crippen MR) is 68.1 cm³/mol. The lowest BCUT2D eigenvalue weighted by Gasteiger charge is -2.11. The quantitative estimate of drug-likeness (QED) is 0.774. The number of nitrogens with zero attached hydrogens (tertiary/aromatic N) is 3. The van der Waals surface area contributed by atoms with Gasteiger partial charge in [-0.15, -0.1) is 10.2 Å². The van der Waals surface area contributed by atoms with E-state index in [0.29, 0.717) is 5.82 Å². The van der Waals surface area contributed by atoms with Gasteiger partial charge in [-0.3, -0.25) is 4.57 Å². The molecule has 0 aliphatic rings. The maximum atomic E-state index is 13.9. The summed E-state index contributed by atoms with van der Waals surface area (Å²) in [6.07, 6.45) is 0. The van der Waals surface area contributed by atoms with E-state index in [9.17, 15) is 8.78 Å². The second kappa shape index (κ2) is 4.93. The molecule has 0 saturated heterocycles. The number of hydrogen-bond acceptors (Lipinski definition) is 2. The van der Waals surface area contributed by atoms with Crippen molar-refractivity contribution in [3.8, 4) is 5.69 Å². The minimum atomic E-state index is -0.605. The van der Waals surface area contributed by atoms with Crippen molar-refractivity contribution in [1.29, 1.82) is 0 Å². The number of benzene rings is 1. The lowest BCUT2D eigenvalue weighted by atomic mass is 10.2. The minimum Gasteiger partial charge on any atom is -0.266 e. The van der Waals surface area contributed by atoms with Gasteiger partial charge in [-0.05, 0) is 33.6 Å². The van der Waals surface area contributed by atoms with E-state index >= 15 is 0 Å². The highest BCUT2D eigenvalue weighted by atomic mass is 79.9. The average molecular weight is 337 g/mol. The molecule has 0 amide bonds. The summed E-state index contributed by atoms with van der Waals surface area (Å²) in [6, 6.07) is 2.10. The smallest absolute Gasteiger partial charge is 0.229 e. The van der Waals surface area contributed by atoms with Crippen LogP contribution in [0, 0.1) is 11.6 Å². The van der Waals surface area contributed by atoms with E-state index in [0.717, 1.165) is 12.1 Å². The third-order valence-electron chi connectivity index (χ3n) is 2.40. The van der Waals surface area contributed by atoms with E-state index < -0.39 is 11.6 Å². The molecule has 1 aromatic heterocycles. The molecule has 0 radical (unpaired) electrons. The summed E-state index contributed by atoms with van der Waals surface area (Å²) in [5.41, 5.74) is -0.00519. The van der Waals surface area contributed by atoms with Crippen molar-refractivity contribution < 1.29 is 8.78 Å². The van der Waals surface area contributed by atoms with Crippen LogP contribution in [0.5, 0.6) is 0 Å². The first kappa shape index (κ1) is 13.4. The van der Waals surface area contributed by atoms with Crippen LogP contribution in [0.25, 0.3) is 5.69 Å². The molecule has 0 atom stereocenters. The Hall–Kier alpha value is -1.01. The van der Waals surface area contributed by atoms with E-state index in [-0.39, 0.29) is 21.4 Å². The molecule has 2 aromatic rings. The van der Waals surface area contributed by atoms with Gasteiger partial charge in [0.2, 0.25) is 5.28 Å². The van der Waals surface area contributed by atoms with Crippen LogP contribution in [-0.4, -0.2) is 14.8 Å². The van der Waals surface area contributed by atoms with Crippen LogP contribution in [0.1, 0.15) is 25.6 Å². The fraction of sp³-hybridized carbons (Fsp3) is 0.273. The van der Waals surface area contributed by atoms with Gasteiger partial charge in [0.15, 0.2) is 0 Å². The van der Waals surface area contributed by atoms with Crippen LogP contribution in [0.4, 0.5) is 8.78 Å². The number of hydrogen-bond donors (Lipinski definition) is 0. The van der Waals surface area contributed by atoms with Crippen LogP contribution >= 0.6 is 27.5 Å². The topological polar surface area (TPSA) is 30.7 Å². The van der Waals surface area contributed by atoms with Gasteiger partial charge in [0.05, 0.1) is 10.2 Å². The van der Waals surface area contributed by atoms with E-state index in [1.807, 2.05) is 13.8 Å². The molecule has 0 N–H and O–H groups in total. The monoisotopic (exact) mass is 335 g/mol. The fourth-order valence-electron chi connectivity index (χ4n) is 1.56. The molecular weight excluding hydrogens is 327 g/mol. The van der Waals surface area contributed by atoms with Gasteiger partial charge in [0, 0.05) is 12.0 Å². The maximum absolute atomic E-state index is 13.9. The summed E-state index contributed by atoms with van der Waals surface area (Å²) in [5.74, 6) is -0.727. The first-order chi connectivity index (χ1) is 8.41. The second-order valence-electron chi connectivity index (χ2n) is 4.04. The molecule has 18 heavy (non-hydrogen) atoms. The molecule has 0 spiro atoms. The maximum Gasteiger partial charge on any atom is 0.229 e. The molecule has 96 valence electrons. The average Bonchev–Trinajstić information content (AvgIpc) is 2.66. The highest BCUT2D eigenvalue weighted by molar-refractivity contribution is 9.10. The second-order valence-corrected chi connectivity index (χ2v) is 5.23. The molecule has 0 aliphatic heterocycles. The molecule has 0 unspecified atom stereocenters. The number of aromatic nitrogens is 3. The molecule has 0 bridgehead atoms. The van der Waals surface area contributed by atoms with E-state index in [1.165, 1.54) is 4.57 Å². The normalized spacial score (nSPS) is 11.3. The Labute approximate surface area is 116 Å². The fourth-order valence-corrected chi connectivity index (χ4v) is 2.09. The highest BCUT2D eigenvalue weighted by Gasteiger charge is 2.19. The van der Waals surface area contributed by atoms with Crippen LogP contribution in [0.2, 0.25) is 5.28 Å². The molecule has 2 rings (SSSR count). The SMILES string of the molecule is CC(C)c1nnc(Cl)n1-c1cc(F)c(Br)cc1F. The van der Waals surface area contributed by atoms with Gasteiger partial charge in [-0.25, -0.2) is 8.78 Å². The summed E-state index contributed by atoms with van der Waals surface area (Å²) in [4.78, 5) is 0. The van der Waals surface area contributed by atoms with Crippen molar-refractivity contribution >= 4 is 27.5 Å². The van der Waals surface area contributed by atoms with Gasteiger partial charge < -0.3 is 0 Å². The zero-order valence-electron chi connectivity index (χ0n) is 9.59. The van der Waals surface area contributed by atoms with Crippen molar-refractivity contribution in [3.05, 3.63) is 39.3 Å². The zero-order chi connectivity index (χ0) is 13.4. The van der Waals surface area contributed by atoms with Gasteiger partial charge in [-0.2, -0.15) is 0 Å². The molecule has 0 aliphatic carbocycles. The third kappa shape index (κ3) is 2.27. The number of halogens is 4. The Morgan fingerprint density at radius 3 is 2.50 bits per heavy atom. The first-order valence-electron chi connectivity index (χ1n) is 5.17. The molecule has 1 aromatic carbocycles. The van der Waals surface area contributed by atoms with Crippen molar-refractivity contribution in [3.63, 3.8) is 0 Å². The van der Waals surface area contributed by atoms with Crippen LogP contribution in [0.15, 0.2) is 16.6 Å². The highest BCUT2D eigenvalue weighted by Crippen LogP contribution is 2.27. The Morgan fingerprint density at radius 1 is 1.22 bits per heavy atom. The van der Waals surface area contributed by atoms with Crippen molar-refractivity contribution in [2.45, 2.75) is 19.8 Å². The van der Waals surface area contributed by atoms with Crippen LogP contribution in [-0.2, 0) is 0 Å². The van der Waals surface area contributed by atoms with Crippen LogP contribution in [0.3, 0.4) is 0 Å². The molecule has 0 saturated carbocycles. The Morgan fingerprint density at radius 2 is 1.89 bits per heavy atom. The van der Waals surface area contributed by atoms with Gasteiger partial charge in [0.25, 0.3) is 0 Å². The summed E-state index contributed by atoms with van der Waals surface area (Å²) in [7, 11) is 0. The predicted octanol–water partition coefficient (Wildman–Crippen LogP) is 4.08. The van der Waals surface area contributed by atoms with Crippen LogP contribution < -0.4 is 0 Å². The van der Waals surface area contributed by atoms with E-state index in [1.54, 1.807) is 0 Å². The largest absolute Gasteiger partial charge is 0.266 e. The Balaban J connectivity index is 2.69. The minimum absolute atomic E-state index is 0.000627. The first-order valence-corrected chi connectivity index (χ1v) is 6.34. The summed E-state index contributed by atoms with van der Waals surface area (Å²) in [6.45, 7) is 3.73. The molecular formula is C11H9BrClF2N3. The third-order valence-corrected chi connectivity index (χ3v) is 3.25. The zero-order valence-corrected chi connectivity index (χ0v) is 11.9. The molecule has 7 heteroatoms. The lowest BCUT2D eigenvalue weighted by Crippen LogP contribution is -2.06. The summed E-state index contributed by atoms with van der Waals surface area (Å²) >= 11 is 8.80. The van der Waals surface area contributed by atoms with Gasteiger partial charge >= 0.3 is 0 Å². The molecule has 0 fully saturated rings. The van der Waals surface area contributed by atoms with Gasteiger partial charge in [0.1, 0.15) is 17.5 Å². The summed E-state index contributed by atoms with van der Waals surface area (Å²) < 4.78 is 28.7. The van der Waals surface area contributed by atoms with Crippen molar-refractivity contribution in [2.24, 2.45) is 0 Å². The lowest BCUT2D eigenvalue weighted by molar-refractivity contribution is 0.583. The molecule has 1 heterocycles. The van der Waals surface area contributed by atoms with E-state index in [2.05, 4.69) is 26.1 Å². The van der Waals surface area contributed by atoms with Gasteiger partial charge in [-0.1, -0.05) is 13.8 Å². The summed E-state index contributed by atoms with van der Waals surface area (Å²) in [5, 5.41) is 7.55. The standard InChI is InChI=1S/C11H9BrClF2N3/c1-5(2)10-16-17-11(13)18(10)9-4-7(14)6(12)3-8(9)15/h3-5H,1-2H3. The molecule has 3 nitrogen and oxygen atoms in total. The Kier molecular flexibility index (Phi) is 3.68. The Bertz CT molecular complexity index is 598. The van der Waals surface area contributed by atoms with E-state index in [4.69, 9.17) is 11.6 Å². The van der Waals surface area contributed by atoms with Crippen molar-refractivity contribution in [2.75, 3.05) is 0 Å². The van der Waals surface area contributed by atoms with Crippen molar-refractivity contribution in [1.82, 2.24) is 14.8 Å².